The fourth-order valence-electron chi connectivity index (χ4n) is 3.50. The predicted molar refractivity (Wildman–Crippen MR) is 67.4 cm³/mol. The molecular weight excluding hydrogens is 198 g/mol. The lowest BCUT2D eigenvalue weighted by Crippen LogP contribution is -2.46. The molecule has 2 nitrogen and oxygen atoms in total. The monoisotopic (exact) mass is 225 g/mol. The highest BCUT2D eigenvalue weighted by atomic mass is 16.3. The molecule has 0 heterocycles. The van der Waals surface area contributed by atoms with Gasteiger partial charge in [0.25, 0.3) is 0 Å². The van der Waals surface area contributed by atoms with Crippen molar-refractivity contribution in [3.63, 3.8) is 0 Å². The second kappa shape index (κ2) is 6.02. The Kier molecular flexibility index (Phi) is 4.66. The molecule has 2 aliphatic carbocycles. The summed E-state index contributed by atoms with van der Waals surface area (Å²) in [5.41, 5.74) is 0. The van der Waals surface area contributed by atoms with Crippen LogP contribution in [0.25, 0.3) is 0 Å². The molecule has 2 fully saturated rings. The van der Waals surface area contributed by atoms with Crippen LogP contribution >= 0.6 is 0 Å². The zero-order valence-electron chi connectivity index (χ0n) is 10.6. The Morgan fingerprint density at radius 3 is 2.50 bits per heavy atom. The van der Waals surface area contributed by atoms with E-state index in [0.29, 0.717) is 12.1 Å². The van der Waals surface area contributed by atoms with E-state index in [0.717, 1.165) is 12.3 Å². The number of aliphatic hydroxyl groups is 1. The molecule has 94 valence electrons. The van der Waals surface area contributed by atoms with Crippen LogP contribution in [0.2, 0.25) is 0 Å². The normalized spacial score (nSPS) is 40.9. The molecule has 4 unspecified atom stereocenters. The van der Waals surface area contributed by atoms with E-state index in [1.165, 1.54) is 51.4 Å². The second-order valence-electron chi connectivity index (χ2n) is 5.68. The largest absolute Gasteiger partial charge is 0.392 e. The SMILES string of the molecule is CCC1CCCC1NC1CCCCCC1O. The van der Waals surface area contributed by atoms with Crippen molar-refractivity contribution in [1.82, 2.24) is 5.32 Å². The summed E-state index contributed by atoms with van der Waals surface area (Å²) in [6.07, 6.45) is 11.3. The van der Waals surface area contributed by atoms with Crippen LogP contribution < -0.4 is 5.32 Å². The maximum atomic E-state index is 10.1. The van der Waals surface area contributed by atoms with Gasteiger partial charge < -0.3 is 10.4 Å². The van der Waals surface area contributed by atoms with Crippen molar-refractivity contribution in [3.05, 3.63) is 0 Å². The molecule has 2 heteroatoms. The Balaban J connectivity index is 1.86. The number of hydrogen-bond acceptors (Lipinski definition) is 2. The summed E-state index contributed by atoms with van der Waals surface area (Å²) < 4.78 is 0. The zero-order chi connectivity index (χ0) is 11.4. The van der Waals surface area contributed by atoms with Gasteiger partial charge in [-0.3, -0.25) is 0 Å². The first-order chi connectivity index (χ1) is 7.81. The molecule has 0 spiro atoms. The first kappa shape index (κ1) is 12.4. The van der Waals surface area contributed by atoms with Crippen molar-refractivity contribution < 1.29 is 5.11 Å². The lowest BCUT2D eigenvalue weighted by Gasteiger charge is -2.28. The molecule has 0 aromatic rings. The molecule has 0 aliphatic heterocycles. The van der Waals surface area contributed by atoms with Crippen LogP contribution in [0.5, 0.6) is 0 Å². The van der Waals surface area contributed by atoms with Crippen LogP contribution in [-0.4, -0.2) is 23.3 Å². The standard InChI is InChI=1S/C14H27NO/c1-2-11-7-6-9-12(11)15-13-8-4-3-5-10-14(13)16/h11-16H,2-10H2,1H3. The molecule has 2 N–H and O–H groups in total. The van der Waals surface area contributed by atoms with E-state index in [1.807, 2.05) is 0 Å². The third kappa shape index (κ3) is 2.98. The summed E-state index contributed by atoms with van der Waals surface area (Å²) >= 11 is 0. The predicted octanol–water partition coefficient (Wildman–Crippen LogP) is 2.85. The van der Waals surface area contributed by atoms with Gasteiger partial charge in [-0.1, -0.05) is 39.0 Å². The Bertz CT molecular complexity index is 207. The van der Waals surface area contributed by atoms with Crippen LogP contribution in [0.4, 0.5) is 0 Å². The smallest absolute Gasteiger partial charge is 0.0693 e. The van der Waals surface area contributed by atoms with Gasteiger partial charge in [0.05, 0.1) is 6.10 Å². The van der Waals surface area contributed by atoms with Gasteiger partial charge in [0.15, 0.2) is 0 Å². The average molecular weight is 225 g/mol. The third-order valence-corrected chi connectivity index (χ3v) is 4.59. The summed E-state index contributed by atoms with van der Waals surface area (Å²) in [6.45, 7) is 2.30. The number of rotatable bonds is 3. The highest BCUT2D eigenvalue weighted by Gasteiger charge is 2.30. The minimum absolute atomic E-state index is 0.0967. The van der Waals surface area contributed by atoms with Crippen molar-refractivity contribution >= 4 is 0 Å². The van der Waals surface area contributed by atoms with Gasteiger partial charge in [-0.25, -0.2) is 0 Å². The summed E-state index contributed by atoms with van der Waals surface area (Å²) in [5.74, 6) is 0.857. The van der Waals surface area contributed by atoms with E-state index in [1.54, 1.807) is 0 Å². The van der Waals surface area contributed by atoms with Crippen molar-refractivity contribution in [2.75, 3.05) is 0 Å². The van der Waals surface area contributed by atoms with Gasteiger partial charge in [0.2, 0.25) is 0 Å². The van der Waals surface area contributed by atoms with E-state index in [-0.39, 0.29) is 6.10 Å². The fourth-order valence-corrected chi connectivity index (χ4v) is 3.50. The molecular formula is C14H27NO. The van der Waals surface area contributed by atoms with E-state index in [4.69, 9.17) is 0 Å². The molecule has 2 saturated carbocycles. The lowest BCUT2D eigenvalue weighted by molar-refractivity contribution is 0.109. The van der Waals surface area contributed by atoms with Gasteiger partial charge in [0, 0.05) is 12.1 Å². The van der Waals surface area contributed by atoms with E-state index < -0.39 is 0 Å². The van der Waals surface area contributed by atoms with Gasteiger partial charge >= 0.3 is 0 Å². The molecule has 0 aromatic heterocycles. The van der Waals surface area contributed by atoms with E-state index in [9.17, 15) is 5.11 Å². The Labute approximate surface area is 99.8 Å². The highest BCUT2D eigenvalue weighted by Crippen LogP contribution is 2.29. The third-order valence-electron chi connectivity index (χ3n) is 4.59. The van der Waals surface area contributed by atoms with Crippen LogP contribution in [0.1, 0.15) is 64.7 Å². The lowest BCUT2D eigenvalue weighted by atomic mass is 9.97. The molecule has 0 amide bonds. The second-order valence-corrected chi connectivity index (χ2v) is 5.68. The van der Waals surface area contributed by atoms with Gasteiger partial charge in [-0.05, 0) is 31.6 Å². The number of nitrogens with one attached hydrogen (secondary N) is 1. The van der Waals surface area contributed by atoms with Gasteiger partial charge in [-0.2, -0.15) is 0 Å². The van der Waals surface area contributed by atoms with Crippen molar-refractivity contribution in [2.24, 2.45) is 5.92 Å². The summed E-state index contributed by atoms with van der Waals surface area (Å²) in [4.78, 5) is 0. The highest BCUT2D eigenvalue weighted by molar-refractivity contribution is 4.88. The van der Waals surface area contributed by atoms with Crippen molar-refractivity contribution in [3.8, 4) is 0 Å². The maximum absolute atomic E-state index is 10.1. The van der Waals surface area contributed by atoms with Crippen LogP contribution in [0.15, 0.2) is 0 Å². The van der Waals surface area contributed by atoms with Crippen molar-refractivity contribution in [2.45, 2.75) is 82.9 Å². The van der Waals surface area contributed by atoms with Crippen LogP contribution in [0.3, 0.4) is 0 Å². The van der Waals surface area contributed by atoms with Crippen LogP contribution in [-0.2, 0) is 0 Å². The van der Waals surface area contributed by atoms with E-state index in [2.05, 4.69) is 12.2 Å². The molecule has 2 rings (SSSR count). The molecule has 16 heavy (non-hydrogen) atoms. The van der Waals surface area contributed by atoms with Crippen molar-refractivity contribution in [1.29, 1.82) is 0 Å². The Morgan fingerprint density at radius 1 is 0.938 bits per heavy atom. The topological polar surface area (TPSA) is 32.3 Å². The van der Waals surface area contributed by atoms with Gasteiger partial charge in [0.1, 0.15) is 0 Å². The summed E-state index contributed by atoms with van der Waals surface area (Å²) in [6, 6.07) is 1.06. The molecule has 0 saturated heterocycles. The average Bonchev–Trinajstić information content (AvgIpc) is 2.64. The van der Waals surface area contributed by atoms with E-state index >= 15 is 0 Å². The minimum Gasteiger partial charge on any atom is -0.392 e. The molecule has 2 aliphatic rings. The molecule has 0 aromatic carbocycles. The molecule has 0 radical (unpaired) electrons. The first-order valence-electron chi connectivity index (χ1n) is 7.25. The molecule has 4 atom stereocenters. The Hall–Kier alpha value is -0.0800. The molecule has 0 bridgehead atoms. The maximum Gasteiger partial charge on any atom is 0.0693 e. The zero-order valence-corrected chi connectivity index (χ0v) is 10.6. The fraction of sp³-hybridized carbons (Fsp3) is 1.00. The van der Waals surface area contributed by atoms with Gasteiger partial charge in [-0.15, -0.1) is 0 Å². The summed E-state index contributed by atoms with van der Waals surface area (Å²) in [7, 11) is 0. The Morgan fingerprint density at radius 2 is 1.69 bits per heavy atom. The minimum atomic E-state index is -0.0967. The van der Waals surface area contributed by atoms with Crippen LogP contribution in [0, 0.1) is 5.92 Å². The number of aliphatic hydroxyl groups excluding tert-OH is 1. The number of hydrogen-bond donors (Lipinski definition) is 2. The summed E-state index contributed by atoms with van der Waals surface area (Å²) in [5, 5.41) is 13.9. The quantitative estimate of drug-likeness (QED) is 0.724. The first-order valence-corrected chi connectivity index (χ1v) is 7.25.